The molecule has 1 aromatic heterocycles. The predicted molar refractivity (Wildman–Crippen MR) is 67.8 cm³/mol. The lowest BCUT2D eigenvalue weighted by molar-refractivity contribution is 0.418. The van der Waals surface area contributed by atoms with E-state index in [-0.39, 0.29) is 0 Å². The topological polar surface area (TPSA) is 24.9 Å². The van der Waals surface area contributed by atoms with Crippen molar-refractivity contribution in [3.8, 4) is 0 Å². The SMILES string of the molecule is CNCc1sc(C2CC3CCC2C3)nc1C. The van der Waals surface area contributed by atoms with Crippen LogP contribution in [0.2, 0.25) is 0 Å². The van der Waals surface area contributed by atoms with Crippen molar-refractivity contribution in [2.45, 2.75) is 45.1 Å². The molecule has 3 unspecified atom stereocenters. The minimum atomic E-state index is 0.799. The van der Waals surface area contributed by atoms with Gasteiger partial charge in [0.1, 0.15) is 0 Å². The predicted octanol–water partition coefficient (Wildman–Crippen LogP) is 3.07. The first-order valence-electron chi connectivity index (χ1n) is 6.38. The molecule has 0 aliphatic heterocycles. The summed E-state index contributed by atoms with van der Waals surface area (Å²) in [4.78, 5) is 6.24. The quantitative estimate of drug-likeness (QED) is 0.872. The number of hydrogen-bond acceptors (Lipinski definition) is 3. The molecule has 0 saturated heterocycles. The highest BCUT2D eigenvalue weighted by atomic mass is 32.1. The lowest BCUT2D eigenvalue weighted by Gasteiger charge is -2.18. The Balaban J connectivity index is 1.82. The fourth-order valence-electron chi connectivity index (χ4n) is 3.48. The Labute approximate surface area is 101 Å². The van der Waals surface area contributed by atoms with E-state index in [4.69, 9.17) is 4.98 Å². The maximum absolute atomic E-state index is 4.81. The zero-order valence-electron chi connectivity index (χ0n) is 10.1. The first kappa shape index (κ1) is 10.7. The highest BCUT2D eigenvalue weighted by Gasteiger charge is 2.41. The highest BCUT2D eigenvalue weighted by molar-refractivity contribution is 7.11. The molecule has 2 nitrogen and oxygen atoms in total. The molecule has 0 aromatic carbocycles. The fraction of sp³-hybridized carbons (Fsp3) is 0.769. The van der Waals surface area contributed by atoms with E-state index in [0.29, 0.717) is 0 Å². The number of nitrogens with one attached hydrogen (secondary N) is 1. The van der Waals surface area contributed by atoms with Gasteiger partial charge in [-0.1, -0.05) is 6.42 Å². The molecule has 3 atom stereocenters. The van der Waals surface area contributed by atoms with E-state index < -0.39 is 0 Å². The molecule has 2 aliphatic carbocycles. The van der Waals surface area contributed by atoms with Gasteiger partial charge >= 0.3 is 0 Å². The molecule has 88 valence electrons. The Morgan fingerprint density at radius 1 is 1.38 bits per heavy atom. The summed E-state index contributed by atoms with van der Waals surface area (Å²) in [6.45, 7) is 3.13. The summed E-state index contributed by atoms with van der Waals surface area (Å²) in [5, 5.41) is 4.66. The number of fused-ring (bicyclic) bond motifs is 2. The van der Waals surface area contributed by atoms with E-state index in [9.17, 15) is 0 Å². The van der Waals surface area contributed by atoms with Crippen molar-refractivity contribution in [2.75, 3.05) is 7.05 Å². The highest BCUT2D eigenvalue weighted by Crippen LogP contribution is 2.53. The average Bonchev–Trinajstić information content (AvgIpc) is 2.94. The van der Waals surface area contributed by atoms with Gasteiger partial charge in [-0.15, -0.1) is 11.3 Å². The minimum Gasteiger partial charge on any atom is -0.315 e. The van der Waals surface area contributed by atoms with E-state index in [2.05, 4.69) is 12.2 Å². The Bertz CT molecular complexity index is 385. The van der Waals surface area contributed by atoms with E-state index in [1.807, 2.05) is 18.4 Å². The zero-order chi connectivity index (χ0) is 11.1. The molecule has 2 bridgehead atoms. The zero-order valence-corrected chi connectivity index (χ0v) is 10.9. The Hall–Kier alpha value is -0.410. The minimum absolute atomic E-state index is 0.799. The summed E-state index contributed by atoms with van der Waals surface area (Å²) in [5.41, 5.74) is 1.25. The molecule has 2 fully saturated rings. The van der Waals surface area contributed by atoms with Gasteiger partial charge in [-0.25, -0.2) is 4.98 Å². The number of thiazole rings is 1. The second-order valence-electron chi connectivity index (χ2n) is 5.37. The number of aromatic nitrogens is 1. The van der Waals surface area contributed by atoms with Gasteiger partial charge < -0.3 is 5.32 Å². The van der Waals surface area contributed by atoms with Gasteiger partial charge in [0.05, 0.1) is 10.7 Å². The molecule has 3 heteroatoms. The van der Waals surface area contributed by atoms with Crippen LogP contribution < -0.4 is 5.32 Å². The average molecular weight is 236 g/mol. The smallest absolute Gasteiger partial charge is 0.0965 e. The molecule has 2 aliphatic rings. The van der Waals surface area contributed by atoms with Crippen LogP contribution in [0, 0.1) is 18.8 Å². The molecule has 1 aromatic rings. The number of nitrogens with zero attached hydrogens (tertiary/aromatic N) is 1. The molecule has 1 N–H and O–H groups in total. The van der Waals surface area contributed by atoms with E-state index in [0.717, 1.165) is 24.3 Å². The normalized spacial score (nSPS) is 32.5. The molecule has 3 rings (SSSR count). The first-order valence-corrected chi connectivity index (χ1v) is 7.20. The molecular formula is C13H20N2S. The summed E-state index contributed by atoms with van der Waals surface area (Å²) in [5.74, 6) is 2.78. The maximum Gasteiger partial charge on any atom is 0.0965 e. The van der Waals surface area contributed by atoms with Crippen LogP contribution in [0.4, 0.5) is 0 Å². The Kier molecular flexibility index (Phi) is 2.76. The molecular weight excluding hydrogens is 216 g/mol. The van der Waals surface area contributed by atoms with Crippen LogP contribution >= 0.6 is 11.3 Å². The summed E-state index contributed by atoms with van der Waals surface area (Å²) in [6, 6.07) is 0. The Morgan fingerprint density at radius 3 is 2.88 bits per heavy atom. The van der Waals surface area contributed by atoms with Crippen LogP contribution in [0.5, 0.6) is 0 Å². The molecule has 16 heavy (non-hydrogen) atoms. The maximum atomic E-state index is 4.81. The van der Waals surface area contributed by atoms with Gasteiger partial charge in [-0.3, -0.25) is 0 Å². The van der Waals surface area contributed by atoms with Gasteiger partial charge in [0.2, 0.25) is 0 Å². The summed E-state index contributed by atoms with van der Waals surface area (Å²) >= 11 is 1.95. The van der Waals surface area contributed by atoms with Crippen LogP contribution in [0.15, 0.2) is 0 Å². The number of rotatable bonds is 3. The monoisotopic (exact) mass is 236 g/mol. The van der Waals surface area contributed by atoms with Crippen molar-refractivity contribution in [1.29, 1.82) is 0 Å². The van der Waals surface area contributed by atoms with Crippen molar-refractivity contribution in [3.63, 3.8) is 0 Å². The largest absolute Gasteiger partial charge is 0.315 e. The van der Waals surface area contributed by atoms with Crippen LogP contribution in [-0.4, -0.2) is 12.0 Å². The third-order valence-electron chi connectivity index (χ3n) is 4.30. The molecule has 0 radical (unpaired) electrons. The van der Waals surface area contributed by atoms with Crippen molar-refractivity contribution in [3.05, 3.63) is 15.6 Å². The molecule has 0 amide bonds. The van der Waals surface area contributed by atoms with Crippen molar-refractivity contribution >= 4 is 11.3 Å². The van der Waals surface area contributed by atoms with Crippen LogP contribution in [0.1, 0.15) is 47.2 Å². The fourth-order valence-corrected chi connectivity index (χ4v) is 4.77. The Morgan fingerprint density at radius 2 is 2.25 bits per heavy atom. The van der Waals surface area contributed by atoms with Crippen LogP contribution in [0.25, 0.3) is 0 Å². The summed E-state index contributed by atoms with van der Waals surface area (Å²) in [6.07, 6.45) is 5.82. The molecule has 2 saturated carbocycles. The van der Waals surface area contributed by atoms with E-state index in [1.54, 1.807) is 0 Å². The standard InChI is InChI=1S/C13H20N2S/c1-8-12(7-14-2)16-13(15-8)11-6-9-3-4-10(11)5-9/h9-11,14H,3-7H2,1-2H3. The van der Waals surface area contributed by atoms with E-state index >= 15 is 0 Å². The summed E-state index contributed by atoms with van der Waals surface area (Å²) < 4.78 is 0. The van der Waals surface area contributed by atoms with Gasteiger partial charge in [-0.2, -0.15) is 0 Å². The van der Waals surface area contributed by atoms with Crippen molar-refractivity contribution in [1.82, 2.24) is 10.3 Å². The number of aryl methyl sites for hydroxylation is 1. The van der Waals surface area contributed by atoms with Crippen LogP contribution in [-0.2, 0) is 6.54 Å². The van der Waals surface area contributed by atoms with Gasteiger partial charge in [0.25, 0.3) is 0 Å². The lowest BCUT2D eigenvalue weighted by atomic mass is 9.89. The molecule has 1 heterocycles. The van der Waals surface area contributed by atoms with E-state index in [1.165, 1.54) is 41.3 Å². The summed E-state index contributed by atoms with van der Waals surface area (Å²) in [7, 11) is 2.01. The number of hydrogen-bond donors (Lipinski definition) is 1. The third-order valence-corrected chi connectivity index (χ3v) is 5.59. The second-order valence-corrected chi connectivity index (χ2v) is 6.49. The van der Waals surface area contributed by atoms with Crippen molar-refractivity contribution in [2.24, 2.45) is 11.8 Å². The second kappa shape index (κ2) is 4.11. The van der Waals surface area contributed by atoms with Gasteiger partial charge in [0, 0.05) is 17.3 Å². The first-order chi connectivity index (χ1) is 7.78. The van der Waals surface area contributed by atoms with Gasteiger partial charge in [0.15, 0.2) is 0 Å². The van der Waals surface area contributed by atoms with Gasteiger partial charge in [-0.05, 0) is 45.1 Å². The van der Waals surface area contributed by atoms with Crippen molar-refractivity contribution < 1.29 is 0 Å². The lowest BCUT2D eigenvalue weighted by Crippen LogP contribution is -2.07. The van der Waals surface area contributed by atoms with Crippen LogP contribution in [0.3, 0.4) is 0 Å². The third kappa shape index (κ3) is 1.70. The molecule has 0 spiro atoms.